The Morgan fingerprint density at radius 1 is 1.22 bits per heavy atom. The molecule has 2 rings (SSSR count). The van der Waals surface area contributed by atoms with Gasteiger partial charge in [-0.05, 0) is 29.8 Å². The van der Waals surface area contributed by atoms with E-state index in [1.807, 2.05) is 36.4 Å². The molecule has 0 aliphatic carbocycles. The van der Waals surface area contributed by atoms with Gasteiger partial charge in [0.05, 0.1) is 12.8 Å². The van der Waals surface area contributed by atoms with Crippen molar-refractivity contribution in [1.82, 2.24) is 0 Å². The van der Waals surface area contributed by atoms with Crippen molar-refractivity contribution in [2.45, 2.75) is 6.54 Å². The predicted molar refractivity (Wildman–Crippen MR) is 76.2 cm³/mol. The zero-order valence-corrected chi connectivity index (χ0v) is 10.9. The maximum Gasteiger partial charge on any atom is 0.142 e. The van der Waals surface area contributed by atoms with Crippen molar-refractivity contribution in [1.29, 1.82) is 0 Å². The van der Waals surface area contributed by atoms with Crippen LogP contribution in [0, 0.1) is 0 Å². The van der Waals surface area contributed by atoms with Crippen LogP contribution in [-0.4, -0.2) is 7.11 Å². The molecule has 3 nitrogen and oxygen atoms in total. The number of rotatable bonds is 4. The fraction of sp³-hybridized carbons (Fsp3) is 0.143. The van der Waals surface area contributed by atoms with Crippen LogP contribution in [0.4, 0.5) is 11.4 Å². The van der Waals surface area contributed by atoms with Gasteiger partial charge >= 0.3 is 0 Å². The highest BCUT2D eigenvalue weighted by Gasteiger charge is 2.04. The zero-order valence-electron chi connectivity index (χ0n) is 10.1. The van der Waals surface area contributed by atoms with Gasteiger partial charge in [-0.1, -0.05) is 29.8 Å². The Morgan fingerprint density at radius 2 is 2.00 bits per heavy atom. The maximum atomic E-state index is 5.97. The van der Waals surface area contributed by atoms with Crippen molar-refractivity contribution in [3.63, 3.8) is 0 Å². The van der Waals surface area contributed by atoms with Crippen LogP contribution in [0.2, 0.25) is 5.02 Å². The Labute approximate surface area is 112 Å². The van der Waals surface area contributed by atoms with Crippen LogP contribution in [0.15, 0.2) is 42.5 Å². The average Bonchev–Trinajstić information content (AvgIpc) is 2.38. The second-order valence-electron chi connectivity index (χ2n) is 3.90. The first kappa shape index (κ1) is 12.6. The summed E-state index contributed by atoms with van der Waals surface area (Å²) in [6.07, 6.45) is 0. The van der Waals surface area contributed by atoms with Gasteiger partial charge in [-0.15, -0.1) is 0 Å². The van der Waals surface area contributed by atoms with E-state index in [4.69, 9.17) is 22.1 Å². The summed E-state index contributed by atoms with van der Waals surface area (Å²) in [5.74, 6) is 0.758. The Morgan fingerprint density at radius 3 is 2.72 bits per heavy atom. The lowest BCUT2D eigenvalue weighted by atomic mass is 10.2. The van der Waals surface area contributed by atoms with E-state index in [2.05, 4.69) is 5.32 Å². The summed E-state index contributed by atoms with van der Waals surface area (Å²) >= 11 is 5.97. The van der Waals surface area contributed by atoms with E-state index < -0.39 is 0 Å². The van der Waals surface area contributed by atoms with Gasteiger partial charge in [0.15, 0.2) is 0 Å². The molecule has 0 saturated carbocycles. The molecule has 0 aliphatic rings. The zero-order chi connectivity index (χ0) is 13.0. The highest BCUT2D eigenvalue weighted by Crippen LogP contribution is 2.28. The van der Waals surface area contributed by atoms with Gasteiger partial charge in [0.2, 0.25) is 0 Å². The summed E-state index contributed by atoms with van der Waals surface area (Å²) in [6.45, 7) is 0.628. The topological polar surface area (TPSA) is 47.3 Å². The number of ether oxygens (including phenoxy) is 1. The molecular formula is C14H15ClN2O. The average molecular weight is 263 g/mol. The van der Waals surface area contributed by atoms with Crippen LogP contribution in [0.25, 0.3) is 0 Å². The number of para-hydroxylation sites is 1. The monoisotopic (exact) mass is 262 g/mol. The van der Waals surface area contributed by atoms with E-state index >= 15 is 0 Å². The number of halogens is 1. The number of nitrogens with one attached hydrogen (secondary N) is 1. The number of hydrogen-bond acceptors (Lipinski definition) is 3. The van der Waals surface area contributed by atoms with Crippen LogP contribution in [0.1, 0.15) is 5.56 Å². The van der Waals surface area contributed by atoms with Crippen molar-refractivity contribution < 1.29 is 4.74 Å². The molecule has 2 aromatic rings. The molecule has 0 spiro atoms. The van der Waals surface area contributed by atoms with Crippen molar-refractivity contribution >= 4 is 23.0 Å². The molecule has 0 saturated heterocycles. The number of anilines is 2. The quantitative estimate of drug-likeness (QED) is 0.829. The van der Waals surface area contributed by atoms with E-state index in [0.717, 1.165) is 22.7 Å². The van der Waals surface area contributed by atoms with Gasteiger partial charge in [-0.3, -0.25) is 0 Å². The molecule has 0 aromatic heterocycles. The van der Waals surface area contributed by atoms with Crippen LogP contribution < -0.4 is 15.8 Å². The van der Waals surface area contributed by atoms with Gasteiger partial charge in [0, 0.05) is 17.3 Å². The van der Waals surface area contributed by atoms with Gasteiger partial charge in [0.1, 0.15) is 5.75 Å². The highest BCUT2D eigenvalue weighted by atomic mass is 35.5. The van der Waals surface area contributed by atoms with Crippen molar-refractivity contribution in [3.8, 4) is 5.75 Å². The summed E-state index contributed by atoms with van der Waals surface area (Å²) in [7, 11) is 1.63. The Kier molecular flexibility index (Phi) is 3.95. The van der Waals surface area contributed by atoms with E-state index in [-0.39, 0.29) is 0 Å². The molecule has 0 bridgehead atoms. The SMILES string of the molecule is COc1ccc(Cl)cc1NCc1ccccc1N. The molecule has 0 atom stereocenters. The Balaban J connectivity index is 2.15. The first-order valence-corrected chi connectivity index (χ1v) is 5.99. The summed E-state index contributed by atoms with van der Waals surface area (Å²) in [5, 5.41) is 3.94. The molecule has 0 fully saturated rings. The van der Waals surface area contributed by atoms with E-state index in [1.165, 1.54) is 0 Å². The molecule has 94 valence electrons. The number of benzene rings is 2. The molecule has 18 heavy (non-hydrogen) atoms. The van der Waals surface area contributed by atoms with Crippen LogP contribution >= 0.6 is 11.6 Å². The normalized spacial score (nSPS) is 10.1. The minimum Gasteiger partial charge on any atom is -0.495 e. The second-order valence-corrected chi connectivity index (χ2v) is 4.33. The lowest BCUT2D eigenvalue weighted by molar-refractivity contribution is 0.416. The first-order chi connectivity index (χ1) is 8.70. The number of methoxy groups -OCH3 is 1. The fourth-order valence-corrected chi connectivity index (χ4v) is 1.88. The third-order valence-electron chi connectivity index (χ3n) is 2.69. The summed E-state index contributed by atoms with van der Waals surface area (Å²) < 4.78 is 5.27. The molecule has 0 unspecified atom stereocenters. The van der Waals surface area contributed by atoms with E-state index in [1.54, 1.807) is 13.2 Å². The lowest BCUT2D eigenvalue weighted by Crippen LogP contribution is -2.03. The van der Waals surface area contributed by atoms with Gasteiger partial charge < -0.3 is 15.8 Å². The van der Waals surface area contributed by atoms with Crippen LogP contribution in [0.3, 0.4) is 0 Å². The summed E-state index contributed by atoms with van der Waals surface area (Å²) in [5.41, 5.74) is 8.55. The third-order valence-corrected chi connectivity index (χ3v) is 2.92. The molecular weight excluding hydrogens is 248 g/mol. The molecule has 3 N–H and O–H groups in total. The number of nitrogen functional groups attached to an aromatic ring is 1. The summed E-state index contributed by atoms with van der Waals surface area (Å²) in [6, 6.07) is 13.2. The van der Waals surface area contributed by atoms with Gasteiger partial charge in [-0.25, -0.2) is 0 Å². The number of hydrogen-bond donors (Lipinski definition) is 2. The van der Waals surface area contributed by atoms with E-state index in [0.29, 0.717) is 11.6 Å². The minimum absolute atomic E-state index is 0.628. The van der Waals surface area contributed by atoms with Crippen LogP contribution in [0.5, 0.6) is 5.75 Å². The predicted octanol–water partition coefficient (Wildman–Crippen LogP) is 3.54. The van der Waals surface area contributed by atoms with E-state index in [9.17, 15) is 0 Å². The fourth-order valence-electron chi connectivity index (χ4n) is 1.70. The lowest BCUT2D eigenvalue weighted by Gasteiger charge is -2.12. The molecule has 0 radical (unpaired) electrons. The largest absolute Gasteiger partial charge is 0.495 e. The first-order valence-electron chi connectivity index (χ1n) is 5.61. The highest BCUT2D eigenvalue weighted by molar-refractivity contribution is 6.30. The van der Waals surface area contributed by atoms with Gasteiger partial charge in [0.25, 0.3) is 0 Å². The molecule has 0 aliphatic heterocycles. The number of nitrogens with two attached hydrogens (primary N) is 1. The third kappa shape index (κ3) is 2.87. The molecule has 4 heteroatoms. The van der Waals surface area contributed by atoms with Crippen molar-refractivity contribution in [3.05, 3.63) is 53.1 Å². The van der Waals surface area contributed by atoms with Crippen molar-refractivity contribution in [2.24, 2.45) is 0 Å². The maximum absolute atomic E-state index is 5.97. The molecule has 2 aromatic carbocycles. The Hall–Kier alpha value is -1.87. The second kappa shape index (κ2) is 5.65. The van der Waals surface area contributed by atoms with Crippen LogP contribution in [-0.2, 0) is 6.54 Å². The minimum atomic E-state index is 0.628. The standard InChI is InChI=1S/C14H15ClN2O/c1-18-14-7-6-11(15)8-13(14)17-9-10-4-2-3-5-12(10)16/h2-8,17H,9,16H2,1H3. The van der Waals surface area contributed by atoms with Crippen molar-refractivity contribution in [2.75, 3.05) is 18.2 Å². The smallest absolute Gasteiger partial charge is 0.142 e. The van der Waals surface area contributed by atoms with Gasteiger partial charge in [-0.2, -0.15) is 0 Å². The Bertz CT molecular complexity index is 543. The molecule has 0 heterocycles. The summed E-state index contributed by atoms with van der Waals surface area (Å²) in [4.78, 5) is 0. The molecule has 0 amide bonds.